The first-order chi connectivity index (χ1) is 23.3. The number of ether oxygens (including phenoxy) is 2. The largest absolute Gasteiger partial charge is 0.444 e. The molecule has 1 N–H and O–H groups in total. The van der Waals surface area contributed by atoms with Gasteiger partial charge >= 0.3 is 6.09 Å². The number of morpholine rings is 1. The van der Waals surface area contributed by atoms with Crippen LogP contribution < -0.4 is 10.2 Å². The fourth-order valence-electron chi connectivity index (χ4n) is 6.52. The molecule has 0 unspecified atom stereocenters. The number of carbonyl (C=O) groups is 2. The van der Waals surface area contributed by atoms with Gasteiger partial charge in [-0.3, -0.25) is 9.78 Å². The molecule has 2 bridgehead atoms. The van der Waals surface area contributed by atoms with Crippen LogP contribution in [0.1, 0.15) is 61.1 Å². The van der Waals surface area contributed by atoms with Gasteiger partial charge in [-0.1, -0.05) is 12.1 Å². The normalized spacial score (nSPS) is 19.5. The fourth-order valence-corrected chi connectivity index (χ4v) is 7.53. The minimum absolute atomic E-state index is 0.0646. The number of anilines is 1. The molecule has 4 aromatic rings. The number of fused-ring (bicyclic) bond motifs is 3. The van der Waals surface area contributed by atoms with Crippen molar-refractivity contribution in [3.05, 3.63) is 77.6 Å². The van der Waals surface area contributed by atoms with Crippen LogP contribution in [0, 0.1) is 0 Å². The molecule has 13 heteroatoms. The van der Waals surface area contributed by atoms with E-state index in [1.54, 1.807) is 23.2 Å². The van der Waals surface area contributed by atoms with Crippen LogP contribution in [-0.2, 0) is 25.9 Å². The van der Waals surface area contributed by atoms with Gasteiger partial charge < -0.3 is 24.6 Å². The Bertz CT molecular complexity index is 2030. The monoisotopic (exact) mass is 684 g/mol. The Balaban J connectivity index is 1.07. The van der Waals surface area contributed by atoms with Gasteiger partial charge in [0.2, 0.25) is 0 Å². The number of hydrogen-bond acceptors (Lipinski definition) is 10. The minimum Gasteiger partial charge on any atom is -0.444 e. The summed E-state index contributed by atoms with van der Waals surface area (Å²) in [7, 11) is -3.47. The molecule has 2 aliphatic heterocycles. The van der Waals surface area contributed by atoms with Crippen molar-refractivity contribution in [1.29, 1.82) is 0 Å². The Kier molecular flexibility index (Phi) is 8.52. The van der Waals surface area contributed by atoms with Gasteiger partial charge in [0.1, 0.15) is 11.4 Å². The van der Waals surface area contributed by atoms with Gasteiger partial charge in [-0.25, -0.2) is 23.2 Å². The molecule has 1 aliphatic carbocycles. The number of pyridine rings is 3. The molecule has 1 saturated carbocycles. The molecule has 0 radical (unpaired) electrons. The van der Waals surface area contributed by atoms with Gasteiger partial charge in [-0.2, -0.15) is 0 Å². The van der Waals surface area contributed by atoms with Crippen LogP contribution in [0.3, 0.4) is 0 Å². The number of nitrogens with one attached hydrogen (secondary N) is 1. The second-order valence-corrected chi connectivity index (χ2v) is 16.0. The van der Waals surface area contributed by atoms with Gasteiger partial charge in [0.05, 0.1) is 59.3 Å². The lowest BCUT2D eigenvalue weighted by Gasteiger charge is -2.50. The number of carbonyl (C=O) groups excluding carboxylic acids is 2. The van der Waals surface area contributed by atoms with Crippen molar-refractivity contribution in [2.45, 2.75) is 68.7 Å². The van der Waals surface area contributed by atoms with E-state index in [2.05, 4.69) is 15.2 Å². The van der Waals surface area contributed by atoms with E-state index in [1.165, 1.54) is 12.3 Å². The van der Waals surface area contributed by atoms with Crippen molar-refractivity contribution < 1.29 is 27.5 Å². The third kappa shape index (κ3) is 7.23. The molecular formula is C36H40N6O6S. The van der Waals surface area contributed by atoms with Crippen molar-refractivity contribution in [3.8, 4) is 11.4 Å². The maximum absolute atomic E-state index is 13.0. The second-order valence-electron chi connectivity index (χ2n) is 14.1. The molecule has 1 aromatic carbocycles. The fraction of sp³-hybridized carbons (Fsp3) is 0.417. The van der Waals surface area contributed by atoms with Crippen molar-refractivity contribution in [1.82, 2.24) is 25.2 Å². The van der Waals surface area contributed by atoms with Gasteiger partial charge in [0.15, 0.2) is 9.84 Å². The SMILES string of the molecule is CC(C)(C)OC(=O)N1C[C@H]2COC[C@@H](C1)N2c1cccc(-c2ccc3cnc(CNC(=O)c4ccc(C5CC5)c(S(C)(=O)=O)c4)cc3n2)n1. The molecule has 3 aromatic heterocycles. The van der Waals surface area contributed by atoms with E-state index in [1.807, 2.05) is 57.2 Å². The lowest BCUT2D eigenvalue weighted by atomic mass is 10.0. The van der Waals surface area contributed by atoms with E-state index in [0.717, 1.165) is 29.6 Å². The summed E-state index contributed by atoms with van der Waals surface area (Å²) in [5, 5.41) is 3.71. The standard InChI is InChI=1S/C36H40N6O6S/c1-36(2,3)48-35(44)41-18-26-20-47-21-27(19-41)42(26)33-7-5-6-29(40-33)30-13-11-24-16-37-25(15-31(24)39-30)17-38-34(43)23-10-12-28(22-8-9-22)32(14-23)49(4,45)46/h5-7,10-16,22,26-27H,8-9,17-21H2,1-4H3,(H,38,43)/t26-,27+. The van der Waals surface area contributed by atoms with E-state index < -0.39 is 15.4 Å². The Morgan fingerprint density at radius 3 is 2.41 bits per heavy atom. The molecule has 49 heavy (non-hydrogen) atoms. The summed E-state index contributed by atoms with van der Waals surface area (Å²) < 4.78 is 36.4. The molecule has 0 spiro atoms. The van der Waals surface area contributed by atoms with Crippen molar-refractivity contribution >= 4 is 38.6 Å². The summed E-state index contributed by atoms with van der Waals surface area (Å²) >= 11 is 0. The predicted molar refractivity (Wildman–Crippen MR) is 184 cm³/mol. The predicted octanol–water partition coefficient (Wildman–Crippen LogP) is 4.73. The number of benzene rings is 1. The smallest absolute Gasteiger partial charge is 0.410 e. The zero-order chi connectivity index (χ0) is 34.5. The van der Waals surface area contributed by atoms with Crippen molar-refractivity contribution in [2.75, 3.05) is 37.5 Å². The molecule has 2 atom stereocenters. The third-order valence-corrected chi connectivity index (χ3v) is 10.1. The number of sulfone groups is 1. The highest BCUT2D eigenvalue weighted by Gasteiger charge is 2.41. The van der Waals surface area contributed by atoms with Crippen LogP contribution in [-0.4, -0.2) is 90.5 Å². The Labute approximate surface area is 285 Å². The zero-order valence-electron chi connectivity index (χ0n) is 28.0. The van der Waals surface area contributed by atoms with Crippen LogP contribution in [0.2, 0.25) is 0 Å². The number of aromatic nitrogens is 3. The summed E-state index contributed by atoms with van der Waals surface area (Å²) in [5.41, 5.74) is 3.22. The van der Waals surface area contributed by atoms with Crippen LogP contribution in [0.15, 0.2) is 65.7 Å². The Morgan fingerprint density at radius 2 is 1.71 bits per heavy atom. The van der Waals surface area contributed by atoms with Crippen molar-refractivity contribution in [3.63, 3.8) is 0 Å². The summed E-state index contributed by atoms with van der Waals surface area (Å²) in [6, 6.07) is 16.3. The molecule has 2 amide bonds. The lowest BCUT2D eigenvalue weighted by molar-refractivity contribution is -0.0107. The average molecular weight is 685 g/mol. The van der Waals surface area contributed by atoms with Gasteiger partial charge in [-0.05, 0) is 87.6 Å². The third-order valence-electron chi connectivity index (χ3n) is 8.94. The van der Waals surface area contributed by atoms with Crippen LogP contribution in [0.25, 0.3) is 22.3 Å². The Morgan fingerprint density at radius 1 is 0.980 bits per heavy atom. The summed E-state index contributed by atoms with van der Waals surface area (Å²) in [5.74, 6) is 0.664. The summed E-state index contributed by atoms with van der Waals surface area (Å²) in [6.45, 7) is 7.65. The van der Waals surface area contributed by atoms with E-state index in [-0.39, 0.29) is 41.4 Å². The molecule has 12 nitrogen and oxygen atoms in total. The van der Waals surface area contributed by atoms with E-state index in [9.17, 15) is 18.0 Å². The maximum Gasteiger partial charge on any atom is 0.410 e. The highest BCUT2D eigenvalue weighted by atomic mass is 32.2. The Hall–Kier alpha value is -4.62. The molecule has 7 rings (SSSR count). The number of amides is 2. The van der Waals surface area contributed by atoms with Gasteiger partial charge in [0.25, 0.3) is 5.91 Å². The first kappa shape index (κ1) is 32.9. The summed E-state index contributed by atoms with van der Waals surface area (Å²) in [4.78, 5) is 44.5. The van der Waals surface area contributed by atoms with Crippen LogP contribution >= 0.6 is 0 Å². The minimum atomic E-state index is -3.47. The zero-order valence-corrected chi connectivity index (χ0v) is 28.9. The topological polar surface area (TPSA) is 144 Å². The number of piperazine rings is 1. The molecule has 3 aliphatic rings. The molecule has 3 fully saturated rings. The first-order valence-electron chi connectivity index (χ1n) is 16.5. The summed E-state index contributed by atoms with van der Waals surface area (Å²) in [6.07, 6.45) is 4.50. The van der Waals surface area contributed by atoms with E-state index in [4.69, 9.17) is 19.4 Å². The second kappa shape index (κ2) is 12.7. The highest BCUT2D eigenvalue weighted by Crippen LogP contribution is 2.43. The highest BCUT2D eigenvalue weighted by molar-refractivity contribution is 7.90. The molecule has 2 saturated heterocycles. The lowest BCUT2D eigenvalue weighted by Crippen LogP contribution is -2.66. The van der Waals surface area contributed by atoms with E-state index >= 15 is 0 Å². The maximum atomic E-state index is 13.0. The quantitative estimate of drug-likeness (QED) is 0.290. The molecular weight excluding hydrogens is 644 g/mol. The average Bonchev–Trinajstić information content (AvgIpc) is 3.91. The van der Waals surface area contributed by atoms with Gasteiger partial charge in [-0.15, -0.1) is 0 Å². The molecule has 256 valence electrons. The van der Waals surface area contributed by atoms with E-state index in [0.29, 0.717) is 54.5 Å². The number of rotatable bonds is 7. The van der Waals surface area contributed by atoms with Crippen LogP contribution in [0.5, 0.6) is 0 Å². The number of hydrogen-bond donors (Lipinski definition) is 1. The van der Waals surface area contributed by atoms with Crippen LogP contribution in [0.4, 0.5) is 10.6 Å². The van der Waals surface area contributed by atoms with Gasteiger partial charge in [0, 0.05) is 36.5 Å². The van der Waals surface area contributed by atoms with Crippen molar-refractivity contribution in [2.24, 2.45) is 0 Å². The first-order valence-corrected chi connectivity index (χ1v) is 18.4. The molecule has 5 heterocycles. The number of nitrogens with zero attached hydrogens (tertiary/aromatic N) is 5.